The molecule has 0 saturated heterocycles. The van der Waals surface area contributed by atoms with E-state index in [-0.39, 0.29) is 24.1 Å². The molecule has 0 spiro atoms. The topological polar surface area (TPSA) is 46.3 Å². The minimum atomic E-state index is -0.601. The van der Waals surface area contributed by atoms with Crippen LogP contribution in [0.5, 0.6) is 0 Å². The molecular weight excluding hydrogens is 334 g/mol. The second kappa shape index (κ2) is 7.79. The second-order valence-corrected chi connectivity index (χ2v) is 6.53. The van der Waals surface area contributed by atoms with E-state index >= 15 is 0 Å². The van der Waals surface area contributed by atoms with Crippen molar-refractivity contribution in [3.63, 3.8) is 0 Å². The van der Waals surface area contributed by atoms with Crippen LogP contribution in [0.3, 0.4) is 0 Å². The number of hydrogen-bond acceptors (Lipinski definition) is 2. The van der Waals surface area contributed by atoms with Gasteiger partial charge >= 0.3 is 0 Å². The summed E-state index contributed by atoms with van der Waals surface area (Å²) in [7, 11) is 0. The summed E-state index contributed by atoms with van der Waals surface area (Å²) < 4.78 is 27.8. The third-order valence-electron chi connectivity index (χ3n) is 4.65. The van der Waals surface area contributed by atoms with Gasteiger partial charge in [-0.15, -0.1) is 0 Å². The normalized spacial score (nSPS) is 17.9. The van der Waals surface area contributed by atoms with Crippen LogP contribution in [0.4, 0.5) is 8.78 Å². The summed E-state index contributed by atoms with van der Waals surface area (Å²) >= 11 is 0. The van der Waals surface area contributed by atoms with Gasteiger partial charge in [-0.25, -0.2) is 8.78 Å². The monoisotopic (exact) mass is 356 g/mol. The summed E-state index contributed by atoms with van der Waals surface area (Å²) in [6.45, 7) is 2.17. The van der Waals surface area contributed by atoms with E-state index in [4.69, 9.17) is 5.73 Å². The fraction of sp³-hybridized carbons (Fsp3) is 0.286. The maximum absolute atomic E-state index is 14.2. The Morgan fingerprint density at radius 1 is 1.23 bits per heavy atom. The minimum Gasteiger partial charge on any atom is -0.326 e. The SMILES string of the molecule is CCCC(N)C(=O)N1CC(c2cc(F)ccc2F)=C[C@H]1c1ccccc1. The smallest absolute Gasteiger partial charge is 0.240 e. The molecule has 1 aliphatic heterocycles. The molecule has 1 heterocycles. The average Bonchev–Trinajstić information content (AvgIpc) is 3.09. The van der Waals surface area contributed by atoms with Gasteiger partial charge in [-0.05, 0) is 35.8 Å². The van der Waals surface area contributed by atoms with E-state index in [1.807, 2.05) is 43.3 Å². The number of hydrogen-bond donors (Lipinski definition) is 1. The van der Waals surface area contributed by atoms with Crippen LogP contribution >= 0.6 is 0 Å². The number of benzene rings is 2. The summed E-state index contributed by atoms with van der Waals surface area (Å²) in [6.07, 6.45) is 3.21. The molecule has 26 heavy (non-hydrogen) atoms. The number of nitrogens with two attached hydrogens (primary N) is 1. The van der Waals surface area contributed by atoms with Crippen molar-refractivity contribution in [3.05, 3.63) is 77.4 Å². The standard InChI is InChI=1S/C21H22F2N2O/c1-2-6-19(24)21(26)25-13-15(17-12-16(22)9-10-18(17)23)11-20(25)14-7-4-3-5-8-14/h3-5,7-12,19-20H,2,6,13,24H2,1H3/t19?,20-/m0/s1. The molecule has 0 fully saturated rings. The Balaban J connectivity index is 1.98. The van der Waals surface area contributed by atoms with Crippen LogP contribution in [0.15, 0.2) is 54.6 Å². The number of rotatable bonds is 5. The molecule has 3 nitrogen and oxygen atoms in total. The molecule has 2 aromatic rings. The summed E-state index contributed by atoms with van der Waals surface area (Å²) in [5, 5.41) is 0. The molecule has 136 valence electrons. The van der Waals surface area contributed by atoms with E-state index in [0.717, 1.165) is 24.1 Å². The molecule has 1 amide bonds. The van der Waals surface area contributed by atoms with Gasteiger partial charge in [0.25, 0.3) is 0 Å². The molecule has 2 aromatic carbocycles. The van der Waals surface area contributed by atoms with Crippen LogP contribution in [0, 0.1) is 11.6 Å². The molecule has 0 aromatic heterocycles. The first-order valence-electron chi connectivity index (χ1n) is 8.78. The molecule has 0 saturated carbocycles. The fourth-order valence-corrected chi connectivity index (χ4v) is 3.32. The van der Waals surface area contributed by atoms with Gasteiger partial charge < -0.3 is 10.6 Å². The average molecular weight is 356 g/mol. The molecule has 2 atom stereocenters. The lowest BCUT2D eigenvalue weighted by Crippen LogP contribution is -2.43. The number of amides is 1. The lowest BCUT2D eigenvalue weighted by Gasteiger charge is -2.28. The molecular formula is C21H22F2N2O. The first-order valence-corrected chi connectivity index (χ1v) is 8.78. The second-order valence-electron chi connectivity index (χ2n) is 6.53. The Hall–Kier alpha value is -2.53. The largest absolute Gasteiger partial charge is 0.326 e. The van der Waals surface area contributed by atoms with Crippen molar-refractivity contribution in [2.45, 2.75) is 31.8 Å². The van der Waals surface area contributed by atoms with E-state index in [2.05, 4.69) is 0 Å². The zero-order valence-electron chi connectivity index (χ0n) is 14.7. The van der Waals surface area contributed by atoms with Crippen molar-refractivity contribution in [3.8, 4) is 0 Å². The van der Waals surface area contributed by atoms with Crippen molar-refractivity contribution in [2.24, 2.45) is 5.73 Å². The third kappa shape index (κ3) is 3.68. The highest BCUT2D eigenvalue weighted by atomic mass is 19.1. The van der Waals surface area contributed by atoms with Gasteiger partial charge in [0.15, 0.2) is 0 Å². The number of carbonyl (C=O) groups excluding carboxylic acids is 1. The predicted molar refractivity (Wildman–Crippen MR) is 98.1 cm³/mol. The highest BCUT2D eigenvalue weighted by molar-refractivity contribution is 5.86. The number of carbonyl (C=O) groups is 1. The molecule has 0 radical (unpaired) electrons. The van der Waals surface area contributed by atoms with E-state index in [0.29, 0.717) is 12.0 Å². The maximum Gasteiger partial charge on any atom is 0.240 e. The Labute approximate surface area is 152 Å². The van der Waals surface area contributed by atoms with Crippen molar-refractivity contribution < 1.29 is 13.6 Å². The lowest BCUT2D eigenvalue weighted by molar-refractivity contribution is -0.133. The van der Waals surface area contributed by atoms with Crippen LogP contribution in [0.1, 0.15) is 36.9 Å². The highest BCUT2D eigenvalue weighted by Crippen LogP contribution is 2.36. The van der Waals surface area contributed by atoms with Gasteiger partial charge in [-0.1, -0.05) is 49.8 Å². The van der Waals surface area contributed by atoms with Crippen molar-refractivity contribution in [2.75, 3.05) is 6.54 Å². The molecule has 3 rings (SSSR count). The van der Waals surface area contributed by atoms with Gasteiger partial charge in [0.1, 0.15) is 11.6 Å². The number of halogens is 2. The molecule has 2 N–H and O–H groups in total. The first-order chi connectivity index (χ1) is 12.5. The van der Waals surface area contributed by atoms with E-state index < -0.39 is 17.7 Å². The quantitative estimate of drug-likeness (QED) is 0.878. The Kier molecular flexibility index (Phi) is 5.47. The van der Waals surface area contributed by atoms with E-state index in [1.54, 1.807) is 4.90 Å². The fourth-order valence-electron chi connectivity index (χ4n) is 3.32. The summed E-state index contributed by atoms with van der Waals surface area (Å²) in [5.41, 5.74) is 7.73. The highest BCUT2D eigenvalue weighted by Gasteiger charge is 2.33. The zero-order chi connectivity index (χ0) is 18.7. The molecule has 0 bridgehead atoms. The van der Waals surface area contributed by atoms with Crippen LogP contribution in [-0.2, 0) is 4.79 Å². The molecule has 1 aliphatic rings. The summed E-state index contributed by atoms with van der Waals surface area (Å²) in [5.74, 6) is -1.19. The first kappa shape index (κ1) is 18.3. The van der Waals surface area contributed by atoms with Crippen molar-refractivity contribution in [1.29, 1.82) is 0 Å². The van der Waals surface area contributed by atoms with Gasteiger partial charge in [-0.2, -0.15) is 0 Å². The lowest BCUT2D eigenvalue weighted by atomic mass is 10.0. The third-order valence-corrected chi connectivity index (χ3v) is 4.65. The Morgan fingerprint density at radius 3 is 2.65 bits per heavy atom. The maximum atomic E-state index is 14.2. The van der Waals surface area contributed by atoms with Gasteiger partial charge in [0, 0.05) is 12.1 Å². The minimum absolute atomic E-state index is 0.177. The summed E-state index contributed by atoms with van der Waals surface area (Å²) in [4.78, 5) is 14.5. The van der Waals surface area contributed by atoms with Crippen LogP contribution < -0.4 is 5.73 Å². The Morgan fingerprint density at radius 2 is 1.96 bits per heavy atom. The van der Waals surface area contributed by atoms with Crippen LogP contribution in [-0.4, -0.2) is 23.4 Å². The predicted octanol–water partition coefficient (Wildman–Crippen LogP) is 4.06. The van der Waals surface area contributed by atoms with Crippen LogP contribution in [0.2, 0.25) is 0 Å². The van der Waals surface area contributed by atoms with E-state index in [9.17, 15) is 13.6 Å². The molecule has 5 heteroatoms. The number of nitrogens with zero attached hydrogens (tertiary/aromatic N) is 1. The van der Waals surface area contributed by atoms with Gasteiger partial charge in [-0.3, -0.25) is 4.79 Å². The zero-order valence-corrected chi connectivity index (χ0v) is 14.7. The van der Waals surface area contributed by atoms with E-state index in [1.165, 1.54) is 6.07 Å². The Bertz CT molecular complexity index is 820. The van der Waals surface area contributed by atoms with Gasteiger partial charge in [0.05, 0.1) is 12.1 Å². The van der Waals surface area contributed by atoms with Gasteiger partial charge in [0.2, 0.25) is 5.91 Å². The molecule has 1 unspecified atom stereocenters. The van der Waals surface area contributed by atoms with Crippen molar-refractivity contribution >= 4 is 11.5 Å². The van der Waals surface area contributed by atoms with Crippen molar-refractivity contribution in [1.82, 2.24) is 4.90 Å². The summed E-state index contributed by atoms with van der Waals surface area (Å²) in [6, 6.07) is 11.9. The molecule has 0 aliphatic carbocycles. The van der Waals surface area contributed by atoms with Crippen LogP contribution in [0.25, 0.3) is 5.57 Å².